The van der Waals surface area contributed by atoms with Crippen molar-refractivity contribution >= 4 is 5.97 Å². The highest BCUT2D eigenvalue weighted by atomic mass is 16.5. The van der Waals surface area contributed by atoms with Crippen LogP contribution in [0.15, 0.2) is 12.1 Å². The molecule has 0 aliphatic rings. The van der Waals surface area contributed by atoms with Gasteiger partial charge in [0.2, 0.25) is 0 Å². The van der Waals surface area contributed by atoms with Crippen molar-refractivity contribution in [3.63, 3.8) is 0 Å². The van der Waals surface area contributed by atoms with E-state index in [0.29, 0.717) is 11.4 Å². The number of aliphatic carboxylic acids is 1. The molecule has 0 unspecified atom stereocenters. The van der Waals surface area contributed by atoms with E-state index in [0.717, 1.165) is 0 Å². The van der Waals surface area contributed by atoms with Gasteiger partial charge in [-0.25, -0.2) is 4.98 Å². The van der Waals surface area contributed by atoms with Crippen molar-refractivity contribution in [3.05, 3.63) is 23.5 Å². The monoisotopic (exact) mass is 192 g/mol. The number of hydrogen-bond acceptors (Lipinski definition) is 4. The predicted octanol–water partition coefficient (Wildman–Crippen LogP) is 0.589. The largest absolute Gasteiger partial charge is 0.497 e. The maximum atomic E-state index is 10.4. The Morgan fingerprint density at radius 2 is 2.43 bits per heavy atom. The molecule has 0 aliphatic carbocycles. The van der Waals surface area contributed by atoms with E-state index in [4.69, 9.17) is 15.1 Å². The maximum Gasteiger partial charge on any atom is 0.309 e. The summed E-state index contributed by atoms with van der Waals surface area (Å²) in [4.78, 5) is 14.2. The van der Waals surface area contributed by atoms with E-state index in [1.54, 1.807) is 0 Å². The standard InChI is InChI=1S/C9H8N2O3/c1-14-8-2-6(4-9(12)13)11-7(3-8)5-10/h2-3H,4H2,1H3,(H,12,13). The minimum absolute atomic E-state index is 0.153. The van der Waals surface area contributed by atoms with Gasteiger partial charge >= 0.3 is 5.97 Å². The minimum Gasteiger partial charge on any atom is -0.497 e. The van der Waals surface area contributed by atoms with Crippen LogP contribution in [0.1, 0.15) is 11.4 Å². The number of aromatic nitrogens is 1. The van der Waals surface area contributed by atoms with Gasteiger partial charge in [-0.05, 0) is 0 Å². The Hall–Kier alpha value is -2.09. The summed E-state index contributed by atoms with van der Waals surface area (Å²) in [5.74, 6) is -0.553. The van der Waals surface area contributed by atoms with Gasteiger partial charge in [-0.1, -0.05) is 0 Å². The molecule has 0 spiro atoms. The lowest BCUT2D eigenvalue weighted by molar-refractivity contribution is -0.136. The number of carboxylic acids is 1. The third kappa shape index (κ3) is 2.45. The first kappa shape index (κ1) is 9.99. The molecule has 5 heteroatoms. The van der Waals surface area contributed by atoms with Crippen LogP contribution in [-0.4, -0.2) is 23.2 Å². The number of methoxy groups -OCH3 is 1. The summed E-state index contributed by atoms with van der Waals surface area (Å²) in [5.41, 5.74) is 0.467. The van der Waals surface area contributed by atoms with Crippen LogP contribution < -0.4 is 4.74 Å². The van der Waals surface area contributed by atoms with E-state index in [9.17, 15) is 4.79 Å². The number of ether oxygens (including phenoxy) is 1. The molecule has 0 saturated heterocycles. The lowest BCUT2D eigenvalue weighted by Crippen LogP contribution is -2.03. The Morgan fingerprint density at radius 3 is 2.93 bits per heavy atom. The van der Waals surface area contributed by atoms with Gasteiger partial charge in [0, 0.05) is 12.1 Å². The van der Waals surface area contributed by atoms with Crippen LogP contribution in [0.2, 0.25) is 0 Å². The van der Waals surface area contributed by atoms with Crippen LogP contribution in [0.5, 0.6) is 5.75 Å². The average molecular weight is 192 g/mol. The normalized spacial score (nSPS) is 9.14. The SMILES string of the molecule is COc1cc(C#N)nc(CC(=O)O)c1. The lowest BCUT2D eigenvalue weighted by Gasteiger charge is -2.02. The van der Waals surface area contributed by atoms with Crippen molar-refractivity contribution in [2.45, 2.75) is 6.42 Å². The summed E-state index contributed by atoms with van der Waals surface area (Å²) in [6, 6.07) is 4.78. The van der Waals surface area contributed by atoms with E-state index in [2.05, 4.69) is 4.98 Å². The molecule has 1 aromatic rings. The fraction of sp³-hybridized carbons (Fsp3) is 0.222. The molecule has 5 nitrogen and oxygen atoms in total. The van der Waals surface area contributed by atoms with Gasteiger partial charge in [0.1, 0.15) is 17.5 Å². The summed E-state index contributed by atoms with van der Waals surface area (Å²) < 4.78 is 4.89. The van der Waals surface area contributed by atoms with Crippen LogP contribution >= 0.6 is 0 Å². The number of nitrogens with zero attached hydrogens (tertiary/aromatic N) is 2. The van der Waals surface area contributed by atoms with Gasteiger partial charge in [-0.3, -0.25) is 4.79 Å². The van der Waals surface area contributed by atoms with Gasteiger partial charge < -0.3 is 9.84 Å². The van der Waals surface area contributed by atoms with E-state index >= 15 is 0 Å². The fourth-order valence-corrected chi connectivity index (χ4v) is 0.981. The van der Waals surface area contributed by atoms with Crippen molar-refractivity contribution < 1.29 is 14.6 Å². The quantitative estimate of drug-likeness (QED) is 0.757. The van der Waals surface area contributed by atoms with Crippen LogP contribution in [-0.2, 0) is 11.2 Å². The Bertz CT molecular complexity index is 396. The minimum atomic E-state index is -0.991. The number of nitriles is 1. The highest BCUT2D eigenvalue weighted by Gasteiger charge is 2.06. The van der Waals surface area contributed by atoms with Crippen LogP contribution in [0.3, 0.4) is 0 Å². The highest BCUT2D eigenvalue weighted by Crippen LogP contribution is 2.13. The Morgan fingerprint density at radius 1 is 1.71 bits per heavy atom. The first-order valence-corrected chi connectivity index (χ1v) is 3.82. The number of rotatable bonds is 3. The van der Waals surface area contributed by atoms with Crippen molar-refractivity contribution in [3.8, 4) is 11.8 Å². The zero-order valence-corrected chi connectivity index (χ0v) is 7.52. The number of hydrogen-bond donors (Lipinski definition) is 1. The lowest BCUT2D eigenvalue weighted by atomic mass is 10.2. The second kappa shape index (κ2) is 4.23. The molecule has 0 atom stereocenters. The summed E-state index contributed by atoms with van der Waals surface area (Å²) >= 11 is 0. The Labute approximate surface area is 80.6 Å². The van der Waals surface area contributed by atoms with Crippen LogP contribution in [0.25, 0.3) is 0 Å². The average Bonchev–Trinajstić information content (AvgIpc) is 2.16. The van der Waals surface area contributed by atoms with Gasteiger partial charge in [0.25, 0.3) is 0 Å². The van der Waals surface area contributed by atoms with Crippen LogP contribution in [0.4, 0.5) is 0 Å². The van der Waals surface area contributed by atoms with E-state index in [-0.39, 0.29) is 12.1 Å². The molecule has 1 aromatic heterocycles. The number of carbonyl (C=O) groups is 1. The van der Waals surface area contributed by atoms with Crippen LogP contribution in [0, 0.1) is 11.3 Å². The van der Waals surface area contributed by atoms with Gasteiger partial charge in [-0.15, -0.1) is 0 Å². The summed E-state index contributed by atoms with van der Waals surface area (Å²) in [6.07, 6.45) is -0.216. The fourth-order valence-electron chi connectivity index (χ4n) is 0.981. The summed E-state index contributed by atoms with van der Waals surface area (Å²) in [6.45, 7) is 0. The molecule has 1 heterocycles. The van der Waals surface area contributed by atoms with Gasteiger partial charge in [0.15, 0.2) is 0 Å². The summed E-state index contributed by atoms with van der Waals surface area (Å²) in [5, 5.41) is 17.1. The van der Waals surface area contributed by atoms with E-state index < -0.39 is 5.97 Å². The molecular formula is C9H8N2O3. The molecule has 72 valence electrons. The third-order valence-corrected chi connectivity index (χ3v) is 1.53. The van der Waals surface area contributed by atoms with Crippen molar-refractivity contribution in [1.82, 2.24) is 4.98 Å². The maximum absolute atomic E-state index is 10.4. The molecule has 0 aromatic carbocycles. The van der Waals surface area contributed by atoms with Crippen molar-refractivity contribution in [2.75, 3.05) is 7.11 Å². The second-order valence-corrected chi connectivity index (χ2v) is 2.57. The molecule has 1 N–H and O–H groups in total. The molecule has 14 heavy (non-hydrogen) atoms. The van der Waals surface area contributed by atoms with E-state index in [1.165, 1.54) is 19.2 Å². The summed E-state index contributed by atoms with van der Waals surface area (Å²) in [7, 11) is 1.45. The number of pyridine rings is 1. The molecule has 0 aliphatic heterocycles. The first-order valence-electron chi connectivity index (χ1n) is 3.82. The highest BCUT2D eigenvalue weighted by molar-refractivity contribution is 5.69. The smallest absolute Gasteiger partial charge is 0.309 e. The zero-order chi connectivity index (χ0) is 10.6. The topological polar surface area (TPSA) is 83.2 Å². The molecule has 0 bridgehead atoms. The molecule has 1 rings (SSSR count). The van der Waals surface area contributed by atoms with E-state index in [1.807, 2.05) is 6.07 Å². The Balaban J connectivity index is 3.05. The van der Waals surface area contributed by atoms with Gasteiger partial charge in [0.05, 0.1) is 19.2 Å². The van der Waals surface area contributed by atoms with Crippen molar-refractivity contribution in [2.24, 2.45) is 0 Å². The molecule has 0 fully saturated rings. The van der Waals surface area contributed by atoms with Crippen molar-refractivity contribution in [1.29, 1.82) is 5.26 Å². The molecule has 0 radical (unpaired) electrons. The first-order chi connectivity index (χ1) is 6.65. The number of carboxylic acid groups (broad SMARTS) is 1. The second-order valence-electron chi connectivity index (χ2n) is 2.57. The van der Waals surface area contributed by atoms with Gasteiger partial charge in [-0.2, -0.15) is 5.26 Å². The predicted molar refractivity (Wildman–Crippen MR) is 46.8 cm³/mol. The molecule has 0 amide bonds. The zero-order valence-electron chi connectivity index (χ0n) is 7.52. The molecule has 0 saturated carbocycles. The molecular weight excluding hydrogens is 184 g/mol. The third-order valence-electron chi connectivity index (χ3n) is 1.53. The Kier molecular flexibility index (Phi) is 3.02.